The van der Waals surface area contributed by atoms with E-state index in [4.69, 9.17) is 21.1 Å². The minimum atomic E-state index is -0.345. The SMILES string of the molecule is COc1cc(N2CCc3nc(-c4ncccn4)ncc3C2OC)cc(Cl)n1. The maximum atomic E-state index is 6.13. The molecule has 138 valence electrons. The Morgan fingerprint density at radius 2 is 1.89 bits per heavy atom. The third-order valence-electron chi connectivity index (χ3n) is 4.32. The first-order chi connectivity index (χ1) is 13.2. The summed E-state index contributed by atoms with van der Waals surface area (Å²) in [5.41, 5.74) is 2.68. The summed E-state index contributed by atoms with van der Waals surface area (Å²) in [7, 11) is 3.21. The van der Waals surface area contributed by atoms with Gasteiger partial charge in [0, 0.05) is 56.0 Å². The largest absolute Gasteiger partial charge is 0.481 e. The molecule has 8 nitrogen and oxygen atoms in total. The molecule has 1 aliphatic rings. The quantitative estimate of drug-likeness (QED) is 0.634. The Kier molecular flexibility index (Phi) is 4.83. The van der Waals surface area contributed by atoms with Crippen LogP contribution in [0.5, 0.6) is 5.88 Å². The fourth-order valence-electron chi connectivity index (χ4n) is 3.12. The Labute approximate surface area is 161 Å². The molecule has 3 aromatic rings. The number of hydrogen-bond donors (Lipinski definition) is 0. The molecule has 1 aliphatic heterocycles. The molecule has 0 aromatic carbocycles. The first-order valence-electron chi connectivity index (χ1n) is 8.34. The maximum Gasteiger partial charge on any atom is 0.216 e. The fraction of sp³-hybridized carbons (Fsp3) is 0.278. The second kappa shape index (κ2) is 7.42. The van der Waals surface area contributed by atoms with Gasteiger partial charge in [-0.3, -0.25) is 0 Å². The summed E-state index contributed by atoms with van der Waals surface area (Å²) >= 11 is 6.13. The van der Waals surface area contributed by atoms with Crippen molar-refractivity contribution in [3.8, 4) is 17.5 Å². The van der Waals surface area contributed by atoms with Crippen LogP contribution >= 0.6 is 11.6 Å². The number of methoxy groups -OCH3 is 2. The number of anilines is 1. The third kappa shape index (κ3) is 3.41. The van der Waals surface area contributed by atoms with Crippen LogP contribution < -0.4 is 9.64 Å². The van der Waals surface area contributed by atoms with Gasteiger partial charge in [-0.15, -0.1) is 0 Å². The Hall–Kier alpha value is -2.84. The highest BCUT2D eigenvalue weighted by Crippen LogP contribution is 2.35. The standard InChI is InChI=1S/C18H17ClN6O2/c1-26-15-9-11(8-14(19)24-15)25-7-4-13-12(18(25)27-2)10-22-17(23-13)16-20-5-3-6-21-16/h3,5-6,8-10,18H,4,7H2,1-2H3. The van der Waals surface area contributed by atoms with Crippen molar-refractivity contribution in [3.05, 3.63) is 53.2 Å². The van der Waals surface area contributed by atoms with E-state index in [1.165, 1.54) is 0 Å². The van der Waals surface area contributed by atoms with E-state index in [0.717, 1.165) is 23.4 Å². The van der Waals surface area contributed by atoms with Crippen molar-refractivity contribution in [2.24, 2.45) is 0 Å². The van der Waals surface area contributed by atoms with E-state index in [2.05, 4.69) is 29.8 Å². The van der Waals surface area contributed by atoms with Gasteiger partial charge in [0.1, 0.15) is 5.15 Å². The molecule has 27 heavy (non-hydrogen) atoms. The average molecular weight is 385 g/mol. The molecular weight excluding hydrogens is 368 g/mol. The van der Waals surface area contributed by atoms with Crippen LogP contribution in [0.25, 0.3) is 11.6 Å². The zero-order valence-corrected chi connectivity index (χ0v) is 15.6. The number of pyridine rings is 1. The number of nitrogens with zero attached hydrogens (tertiary/aromatic N) is 6. The first-order valence-corrected chi connectivity index (χ1v) is 8.71. The summed E-state index contributed by atoms with van der Waals surface area (Å²) < 4.78 is 11.0. The predicted molar refractivity (Wildman–Crippen MR) is 99.7 cm³/mol. The van der Waals surface area contributed by atoms with Crippen molar-refractivity contribution in [2.45, 2.75) is 12.6 Å². The summed E-state index contributed by atoms with van der Waals surface area (Å²) in [5.74, 6) is 1.46. The number of fused-ring (bicyclic) bond motifs is 1. The summed E-state index contributed by atoms with van der Waals surface area (Å²) in [6.45, 7) is 0.696. The molecule has 1 atom stereocenters. The normalized spacial score (nSPS) is 16.1. The number of ether oxygens (including phenoxy) is 2. The first kappa shape index (κ1) is 17.6. The Balaban J connectivity index is 1.70. The highest BCUT2D eigenvalue weighted by atomic mass is 35.5. The molecule has 3 aromatic heterocycles. The van der Waals surface area contributed by atoms with E-state index in [0.29, 0.717) is 29.2 Å². The molecule has 0 amide bonds. The van der Waals surface area contributed by atoms with Crippen LogP contribution in [0.2, 0.25) is 5.15 Å². The molecule has 0 N–H and O–H groups in total. The van der Waals surface area contributed by atoms with E-state index in [1.54, 1.807) is 44.9 Å². The lowest BCUT2D eigenvalue weighted by Gasteiger charge is -2.37. The predicted octanol–water partition coefficient (Wildman–Crippen LogP) is 2.70. The highest BCUT2D eigenvalue weighted by Gasteiger charge is 2.30. The van der Waals surface area contributed by atoms with Gasteiger partial charge in [0.25, 0.3) is 0 Å². The molecule has 4 heterocycles. The van der Waals surface area contributed by atoms with Gasteiger partial charge < -0.3 is 14.4 Å². The molecule has 0 spiro atoms. The molecule has 9 heteroatoms. The molecule has 0 radical (unpaired) electrons. The second-order valence-corrected chi connectivity index (χ2v) is 6.28. The summed E-state index contributed by atoms with van der Waals surface area (Å²) in [5, 5.41) is 0.359. The topological polar surface area (TPSA) is 86.2 Å². The van der Waals surface area contributed by atoms with Crippen molar-refractivity contribution in [3.63, 3.8) is 0 Å². The number of rotatable bonds is 4. The minimum absolute atomic E-state index is 0.345. The van der Waals surface area contributed by atoms with Crippen molar-refractivity contribution < 1.29 is 9.47 Å². The van der Waals surface area contributed by atoms with Crippen LogP contribution in [0.15, 0.2) is 36.8 Å². The van der Waals surface area contributed by atoms with E-state index in [-0.39, 0.29) is 6.23 Å². The fourth-order valence-corrected chi connectivity index (χ4v) is 3.31. The lowest BCUT2D eigenvalue weighted by atomic mass is 10.0. The van der Waals surface area contributed by atoms with Gasteiger partial charge in [-0.1, -0.05) is 11.6 Å². The van der Waals surface area contributed by atoms with Crippen LogP contribution in [-0.4, -0.2) is 45.7 Å². The zero-order chi connectivity index (χ0) is 18.8. The third-order valence-corrected chi connectivity index (χ3v) is 4.52. The monoisotopic (exact) mass is 384 g/mol. The maximum absolute atomic E-state index is 6.13. The van der Waals surface area contributed by atoms with Crippen molar-refractivity contribution in [2.75, 3.05) is 25.7 Å². The van der Waals surface area contributed by atoms with Crippen molar-refractivity contribution in [1.82, 2.24) is 24.9 Å². The van der Waals surface area contributed by atoms with Gasteiger partial charge >= 0.3 is 0 Å². The number of hydrogen-bond acceptors (Lipinski definition) is 8. The lowest BCUT2D eigenvalue weighted by molar-refractivity contribution is 0.0933. The van der Waals surface area contributed by atoms with E-state index in [1.807, 2.05) is 6.07 Å². The summed E-state index contributed by atoms with van der Waals surface area (Å²) in [4.78, 5) is 23.7. The summed E-state index contributed by atoms with van der Waals surface area (Å²) in [6, 6.07) is 5.37. The molecule has 1 unspecified atom stereocenters. The molecule has 0 bridgehead atoms. The molecule has 0 fully saturated rings. The van der Waals surface area contributed by atoms with Gasteiger partial charge in [-0.2, -0.15) is 0 Å². The van der Waals surface area contributed by atoms with Crippen LogP contribution in [0.4, 0.5) is 5.69 Å². The lowest BCUT2D eigenvalue weighted by Crippen LogP contribution is -2.37. The van der Waals surface area contributed by atoms with Crippen molar-refractivity contribution in [1.29, 1.82) is 0 Å². The Morgan fingerprint density at radius 1 is 1.07 bits per heavy atom. The second-order valence-electron chi connectivity index (χ2n) is 5.89. The number of aromatic nitrogens is 5. The van der Waals surface area contributed by atoms with Crippen molar-refractivity contribution >= 4 is 17.3 Å². The van der Waals surface area contributed by atoms with Crippen LogP contribution in [0.3, 0.4) is 0 Å². The van der Waals surface area contributed by atoms with Gasteiger partial charge in [0.2, 0.25) is 5.88 Å². The van der Waals surface area contributed by atoms with Gasteiger partial charge in [-0.25, -0.2) is 24.9 Å². The Bertz CT molecular complexity index is 956. The average Bonchev–Trinajstić information content (AvgIpc) is 2.72. The van der Waals surface area contributed by atoms with E-state index >= 15 is 0 Å². The molecule has 0 saturated carbocycles. The zero-order valence-electron chi connectivity index (χ0n) is 14.8. The smallest absolute Gasteiger partial charge is 0.216 e. The van der Waals surface area contributed by atoms with E-state index in [9.17, 15) is 0 Å². The Morgan fingerprint density at radius 3 is 2.63 bits per heavy atom. The highest BCUT2D eigenvalue weighted by molar-refractivity contribution is 6.29. The molecule has 0 aliphatic carbocycles. The van der Waals surface area contributed by atoms with Gasteiger partial charge in [0.05, 0.1) is 12.8 Å². The van der Waals surface area contributed by atoms with Crippen LogP contribution in [-0.2, 0) is 11.2 Å². The van der Waals surface area contributed by atoms with Crippen LogP contribution in [0.1, 0.15) is 17.5 Å². The number of halogens is 1. The van der Waals surface area contributed by atoms with Gasteiger partial charge in [0.15, 0.2) is 17.9 Å². The van der Waals surface area contributed by atoms with E-state index < -0.39 is 0 Å². The molecule has 4 rings (SSSR count). The molecular formula is C18H17ClN6O2. The molecule has 0 saturated heterocycles. The van der Waals surface area contributed by atoms with Crippen LogP contribution in [0, 0.1) is 0 Å². The minimum Gasteiger partial charge on any atom is -0.481 e. The summed E-state index contributed by atoms with van der Waals surface area (Å²) in [6.07, 6.45) is 5.49. The van der Waals surface area contributed by atoms with Gasteiger partial charge in [-0.05, 0) is 12.1 Å².